The lowest BCUT2D eigenvalue weighted by molar-refractivity contribution is -0.115. The molecule has 0 radical (unpaired) electrons. The Bertz CT molecular complexity index is 535. The van der Waals surface area contributed by atoms with E-state index in [2.05, 4.69) is 5.32 Å². The number of nitrogens with zero attached hydrogens (tertiary/aromatic N) is 1. The number of hydrogen-bond acceptors (Lipinski definition) is 3. The van der Waals surface area contributed by atoms with Crippen molar-refractivity contribution >= 4 is 22.4 Å². The first-order chi connectivity index (χ1) is 9.45. The molecule has 1 N–H and O–H groups in total. The topological polar surface area (TPSA) is 70.0 Å². The largest absolute Gasteiger partial charge is 0.325 e. The number of hydrogen-bond donors (Lipinski definition) is 1. The number of para-hydroxylation sites is 1. The summed E-state index contributed by atoms with van der Waals surface area (Å²) in [6.07, 6.45) is 0.198. The molecule has 20 heavy (non-hydrogen) atoms. The molecular formula is C15H20N2O2S. The number of nitrogens with one attached hydrogen (secondary N) is 1. The first-order valence-corrected chi connectivity index (χ1v) is 8.00. The molecule has 0 saturated carbocycles. The lowest BCUT2D eigenvalue weighted by Crippen LogP contribution is -2.23. The number of carbonyl (C=O) groups excluding carboxylic acids is 1. The molecule has 0 spiro atoms. The van der Waals surface area contributed by atoms with E-state index in [-0.39, 0.29) is 17.6 Å². The van der Waals surface area contributed by atoms with Crippen LogP contribution in [-0.2, 0) is 15.6 Å². The van der Waals surface area contributed by atoms with Gasteiger partial charge in [-0.2, -0.15) is 5.26 Å². The lowest BCUT2D eigenvalue weighted by Gasteiger charge is -2.14. The summed E-state index contributed by atoms with van der Waals surface area (Å²) in [5, 5.41) is 11.7. The first-order valence-electron chi connectivity index (χ1n) is 6.62. The van der Waals surface area contributed by atoms with Crippen molar-refractivity contribution in [2.24, 2.45) is 5.92 Å². The predicted octanol–water partition coefficient (Wildman–Crippen LogP) is 2.68. The third-order valence-corrected chi connectivity index (χ3v) is 5.19. The fraction of sp³-hybridized carbons (Fsp3) is 0.467. The molecule has 0 fully saturated rings. The van der Waals surface area contributed by atoms with Gasteiger partial charge in [-0.05, 0) is 18.1 Å². The molecule has 2 atom stereocenters. The number of anilines is 1. The van der Waals surface area contributed by atoms with Crippen molar-refractivity contribution in [3.63, 3.8) is 0 Å². The molecule has 0 aliphatic carbocycles. The predicted molar refractivity (Wildman–Crippen MR) is 81.7 cm³/mol. The minimum Gasteiger partial charge on any atom is -0.325 e. The Morgan fingerprint density at radius 3 is 2.60 bits per heavy atom. The molecule has 0 saturated heterocycles. The maximum absolute atomic E-state index is 11.9. The third kappa shape index (κ3) is 4.78. The van der Waals surface area contributed by atoms with E-state index in [4.69, 9.17) is 5.26 Å². The molecular weight excluding hydrogens is 272 g/mol. The van der Waals surface area contributed by atoms with Crippen LogP contribution in [0.15, 0.2) is 24.3 Å². The molecule has 0 aromatic heterocycles. The second kappa shape index (κ2) is 7.81. The standard InChI is InChI=1S/C15H20N2O2S/c1-11(2)12(3)20(19)9-8-15(18)17-14-7-5-4-6-13(14)10-16/h4-7,11-12H,8-9H2,1-3H3,(H,17,18). The Morgan fingerprint density at radius 2 is 2.00 bits per heavy atom. The fourth-order valence-electron chi connectivity index (χ4n) is 1.59. The van der Waals surface area contributed by atoms with Crippen LogP contribution in [0, 0.1) is 17.2 Å². The van der Waals surface area contributed by atoms with Gasteiger partial charge in [0.1, 0.15) is 6.07 Å². The van der Waals surface area contributed by atoms with Crippen LogP contribution >= 0.6 is 0 Å². The van der Waals surface area contributed by atoms with Crippen molar-refractivity contribution in [3.8, 4) is 6.07 Å². The van der Waals surface area contributed by atoms with Gasteiger partial charge >= 0.3 is 0 Å². The number of benzene rings is 1. The molecule has 0 bridgehead atoms. The molecule has 5 heteroatoms. The quantitative estimate of drug-likeness (QED) is 0.876. The van der Waals surface area contributed by atoms with Crippen LogP contribution < -0.4 is 5.32 Å². The molecule has 0 heterocycles. The Balaban J connectivity index is 2.53. The molecule has 1 amide bonds. The van der Waals surface area contributed by atoms with Crippen LogP contribution in [0.5, 0.6) is 0 Å². The second-order valence-electron chi connectivity index (χ2n) is 4.99. The fourth-order valence-corrected chi connectivity index (χ4v) is 2.95. The molecule has 1 aromatic carbocycles. The molecule has 1 rings (SSSR count). The van der Waals surface area contributed by atoms with Crippen LogP contribution in [0.2, 0.25) is 0 Å². The third-order valence-electron chi connectivity index (χ3n) is 3.21. The number of carbonyl (C=O) groups is 1. The van der Waals surface area contributed by atoms with Gasteiger partial charge in [0, 0.05) is 28.2 Å². The van der Waals surface area contributed by atoms with Crippen LogP contribution in [0.3, 0.4) is 0 Å². The summed E-state index contributed by atoms with van der Waals surface area (Å²) in [5.74, 6) is 0.468. The highest BCUT2D eigenvalue weighted by atomic mass is 32.2. The maximum Gasteiger partial charge on any atom is 0.225 e. The highest BCUT2D eigenvalue weighted by molar-refractivity contribution is 7.85. The summed E-state index contributed by atoms with van der Waals surface area (Å²) in [4.78, 5) is 11.8. The zero-order valence-electron chi connectivity index (χ0n) is 12.1. The lowest BCUT2D eigenvalue weighted by atomic mass is 10.2. The van der Waals surface area contributed by atoms with Gasteiger partial charge in [-0.1, -0.05) is 32.9 Å². The molecule has 0 aliphatic heterocycles. The summed E-state index contributed by atoms with van der Waals surface area (Å²) < 4.78 is 11.9. The van der Waals surface area contributed by atoms with Crippen molar-refractivity contribution in [3.05, 3.63) is 29.8 Å². The highest BCUT2D eigenvalue weighted by Gasteiger charge is 2.16. The van der Waals surface area contributed by atoms with E-state index in [0.717, 1.165) is 0 Å². The van der Waals surface area contributed by atoms with Crippen LogP contribution in [0.25, 0.3) is 0 Å². The van der Waals surface area contributed by atoms with E-state index in [0.29, 0.717) is 22.9 Å². The summed E-state index contributed by atoms with van der Waals surface area (Å²) >= 11 is 0. The van der Waals surface area contributed by atoms with Gasteiger partial charge in [-0.3, -0.25) is 9.00 Å². The monoisotopic (exact) mass is 292 g/mol. The van der Waals surface area contributed by atoms with E-state index in [1.807, 2.05) is 26.8 Å². The van der Waals surface area contributed by atoms with Gasteiger partial charge in [0.05, 0.1) is 11.3 Å². The van der Waals surface area contributed by atoms with Crippen LogP contribution in [-0.4, -0.2) is 21.1 Å². The zero-order chi connectivity index (χ0) is 15.1. The Labute approximate surface area is 122 Å². The minimum atomic E-state index is -1.01. The van der Waals surface area contributed by atoms with Crippen LogP contribution in [0.1, 0.15) is 32.8 Å². The molecule has 2 unspecified atom stereocenters. The maximum atomic E-state index is 11.9. The van der Waals surface area contributed by atoms with E-state index in [1.165, 1.54) is 0 Å². The number of nitriles is 1. The molecule has 4 nitrogen and oxygen atoms in total. The van der Waals surface area contributed by atoms with Gasteiger partial charge < -0.3 is 5.32 Å². The van der Waals surface area contributed by atoms with Crippen molar-refractivity contribution in [1.82, 2.24) is 0 Å². The van der Waals surface area contributed by atoms with E-state index >= 15 is 0 Å². The summed E-state index contributed by atoms with van der Waals surface area (Å²) in [6.45, 7) is 5.97. The number of amides is 1. The summed E-state index contributed by atoms with van der Waals surface area (Å²) in [7, 11) is -1.01. The van der Waals surface area contributed by atoms with Gasteiger partial charge in [-0.15, -0.1) is 0 Å². The van der Waals surface area contributed by atoms with Crippen molar-refractivity contribution in [2.45, 2.75) is 32.4 Å². The van der Waals surface area contributed by atoms with Crippen molar-refractivity contribution < 1.29 is 9.00 Å². The Kier molecular flexibility index (Phi) is 6.40. The summed E-state index contributed by atoms with van der Waals surface area (Å²) in [5.41, 5.74) is 0.931. The normalized spacial score (nSPS) is 13.6. The van der Waals surface area contributed by atoms with E-state index < -0.39 is 10.8 Å². The van der Waals surface area contributed by atoms with Gasteiger partial charge in [0.15, 0.2) is 0 Å². The molecule has 1 aromatic rings. The Morgan fingerprint density at radius 1 is 1.35 bits per heavy atom. The molecule has 108 valence electrons. The van der Waals surface area contributed by atoms with Gasteiger partial charge in [0.25, 0.3) is 0 Å². The summed E-state index contributed by atoms with van der Waals surface area (Å²) in [6, 6.07) is 8.86. The minimum absolute atomic E-state index is 0.0780. The average molecular weight is 292 g/mol. The smallest absolute Gasteiger partial charge is 0.225 e. The van der Waals surface area contributed by atoms with Crippen molar-refractivity contribution in [1.29, 1.82) is 5.26 Å². The Hall–Kier alpha value is -1.67. The second-order valence-corrected chi connectivity index (χ2v) is 6.90. The average Bonchev–Trinajstić information content (AvgIpc) is 2.44. The molecule has 0 aliphatic rings. The van der Waals surface area contributed by atoms with Gasteiger partial charge in [-0.25, -0.2) is 0 Å². The van der Waals surface area contributed by atoms with Crippen molar-refractivity contribution in [2.75, 3.05) is 11.1 Å². The van der Waals surface area contributed by atoms with E-state index in [9.17, 15) is 9.00 Å². The zero-order valence-corrected chi connectivity index (χ0v) is 12.9. The SMILES string of the molecule is CC(C)C(C)S(=O)CCC(=O)Nc1ccccc1C#N. The number of rotatable bonds is 6. The van der Waals surface area contributed by atoms with E-state index in [1.54, 1.807) is 24.3 Å². The first kappa shape index (κ1) is 16.4. The van der Waals surface area contributed by atoms with Gasteiger partial charge in [0.2, 0.25) is 5.91 Å². The highest BCUT2D eigenvalue weighted by Crippen LogP contribution is 2.14. The van der Waals surface area contributed by atoms with Crippen LogP contribution in [0.4, 0.5) is 5.69 Å².